The normalized spacial score (nSPS) is 41.1. The zero-order chi connectivity index (χ0) is 9.64. The first kappa shape index (κ1) is 9.47. The zero-order valence-electron chi connectivity index (χ0n) is 9.09. The number of nitrogens with zero attached hydrogens (tertiary/aromatic N) is 1. The Kier molecular flexibility index (Phi) is 2.16. The molecule has 2 fully saturated rings. The standard InChI is InChI=1S/C11H22N2/c1-11(2,3)13-6-8-4-5-10(12)9(8)7-13/h8-10H,4-7,12H2,1-3H3/t8?,9-,10+/m0/s1. The van der Waals surface area contributed by atoms with Crippen molar-refractivity contribution in [2.45, 2.75) is 45.2 Å². The number of hydrogen-bond donors (Lipinski definition) is 1. The smallest absolute Gasteiger partial charge is 0.0125 e. The van der Waals surface area contributed by atoms with Gasteiger partial charge in [-0.05, 0) is 45.4 Å². The molecule has 1 unspecified atom stereocenters. The highest BCUT2D eigenvalue weighted by Crippen LogP contribution is 2.39. The van der Waals surface area contributed by atoms with E-state index in [4.69, 9.17) is 5.73 Å². The molecule has 0 amide bonds. The van der Waals surface area contributed by atoms with Crippen molar-refractivity contribution in [3.05, 3.63) is 0 Å². The van der Waals surface area contributed by atoms with Crippen LogP contribution in [0.1, 0.15) is 33.6 Å². The van der Waals surface area contributed by atoms with Crippen LogP contribution >= 0.6 is 0 Å². The molecule has 0 aromatic heterocycles. The minimum Gasteiger partial charge on any atom is -0.327 e. The Balaban J connectivity index is 2.03. The summed E-state index contributed by atoms with van der Waals surface area (Å²) in [6.07, 6.45) is 2.62. The number of fused-ring (bicyclic) bond motifs is 1. The van der Waals surface area contributed by atoms with E-state index in [0.29, 0.717) is 11.6 Å². The van der Waals surface area contributed by atoms with E-state index in [9.17, 15) is 0 Å². The van der Waals surface area contributed by atoms with Gasteiger partial charge in [0.25, 0.3) is 0 Å². The van der Waals surface area contributed by atoms with E-state index < -0.39 is 0 Å². The van der Waals surface area contributed by atoms with Gasteiger partial charge in [-0.25, -0.2) is 0 Å². The average Bonchev–Trinajstić information content (AvgIpc) is 2.51. The molecule has 2 nitrogen and oxygen atoms in total. The van der Waals surface area contributed by atoms with Crippen LogP contribution in [0.25, 0.3) is 0 Å². The van der Waals surface area contributed by atoms with Crippen molar-refractivity contribution in [1.82, 2.24) is 4.90 Å². The lowest BCUT2D eigenvalue weighted by Gasteiger charge is -2.32. The molecule has 0 bridgehead atoms. The lowest BCUT2D eigenvalue weighted by atomic mass is 9.98. The predicted molar refractivity (Wildman–Crippen MR) is 55.5 cm³/mol. The Labute approximate surface area is 81.5 Å². The Morgan fingerprint density at radius 1 is 1.15 bits per heavy atom. The van der Waals surface area contributed by atoms with Crippen LogP contribution in [0.2, 0.25) is 0 Å². The topological polar surface area (TPSA) is 29.3 Å². The van der Waals surface area contributed by atoms with E-state index in [1.807, 2.05) is 0 Å². The van der Waals surface area contributed by atoms with Crippen molar-refractivity contribution < 1.29 is 0 Å². The number of nitrogens with two attached hydrogens (primary N) is 1. The minimum absolute atomic E-state index is 0.337. The third-order valence-electron chi connectivity index (χ3n) is 3.86. The number of likely N-dealkylation sites (tertiary alicyclic amines) is 1. The molecule has 76 valence electrons. The van der Waals surface area contributed by atoms with E-state index >= 15 is 0 Å². The summed E-state index contributed by atoms with van der Waals surface area (Å²) in [6.45, 7) is 9.43. The van der Waals surface area contributed by atoms with Crippen LogP contribution in [0.15, 0.2) is 0 Å². The number of rotatable bonds is 0. The fourth-order valence-corrected chi connectivity index (χ4v) is 2.86. The van der Waals surface area contributed by atoms with E-state index in [1.54, 1.807) is 0 Å². The SMILES string of the molecule is CC(C)(C)N1CC2CC[C@@H](N)[C@H]2C1. The second-order valence-electron chi connectivity index (χ2n) is 5.74. The lowest BCUT2D eigenvalue weighted by molar-refractivity contribution is 0.159. The van der Waals surface area contributed by atoms with Crippen molar-refractivity contribution in [3.8, 4) is 0 Å². The molecule has 1 saturated heterocycles. The molecule has 2 aliphatic rings. The summed E-state index contributed by atoms with van der Waals surface area (Å²) in [7, 11) is 0. The number of hydrogen-bond acceptors (Lipinski definition) is 2. The predicted octanol–water partition coefficient (Wildman–Crippen LogP) is 1.45. The summed E-state index contributed by atoms with van der Waals surface area (Å²) in [5.74, 6) is 1.69. The Morgan fingerprint density at radius 3 is 2.38 bits per heavy atom. The van der Waals surface area contributed by atoms with Crippen LogP contribution in [-0.2, 0) is 0 Å². The summed E-state index contributed by atoms with van der Waals surface area (Å²) in [6, 6.07) is 0.484. The van der Waals surface area contributed by atoms with Gasteiger partial charge in [0.2, 0.25) is 0 Å². The molecule has 0 spiro atoms. The van der Waals surface area contributed by atoms with Gasteiger partial charge in [-0.15, -0.1) is 0 Å². The zero-order valence-corrected chi connectivity index (χ0v) is 9.09. The van der Waals surface area contributed by atoms with E-state index in [1.165, 1.54) is 25.9 Å². The maximum Gasteiger partial charge on any atom is 0.0125 e. The summed E-state index contributed by atoms with van der Waals surface area (Å²) < 4.78 is 0. The largest absolute Gasteiger partial charge is 0.327 e. The third kappa shape index (κ3) is 1.62. The van der Waals surface area contributed by atoms with Crippen LogP contribution in [-0.4, -0.2) is 29.6 Å². The van der Waals surface area contributed by atoms with Crippen LogP contribution in [0.3, 0.4) is 0 Å². The van der Waals surface area contributed by atoms with E-state index in [2.05, 4.69) is 25.7 Å². The third-order valence-corrected chi connectivity index (χ3v) is 3.86. The quantitative estimate of drug-likeness (QED) is 0.614. The second kappa shape index (κ2) is 2.96. The molecule has 3 atom stereocenters. The highest BCUT2D eigenvalue weighted by Gasteiger charge is 2.43. The van der Waals surface area contributed by atoms with Gasteiger partial charge in [-0.1, -0.05) is 0 Å². The summed E-state index contributed by atoms with van der Waals surface area (Å²) >= 11 is 0. The van der Waals surface area contributed by atoms with Gasteiger partial charge in [-0.2, -0.15) is 0 Å². The molecular formula is C11H22N2. The molecule has 0 aromatic carbocycles. The van der Waals surface area contributed by atoms with Crippen LogP contribution in [0.4, 0.5) is 0 Å². The second-order valence-corrected chi connectivity index (χ2v) is 5.74. The van der Waals surface area contributed by atoms with Gasteiger partial charge >= 0.3 is 0 Å². The van der Waals surface area contributed by atoms with Gasteiger partial charge in [0.05, 0.1) is 0 Å². The molecule has 2 N–H and O–H groups in total. The molecule has 0 aromatic rings. The van der Waals surface area contributed by atoms with Gasteiger partial charge < -0.3 is 5.73 Å². The van der Waals surface area contributed by atoms with Gasteiger partial charge in [0, 0.05) is 24.7 Å². The van der Waals surface area contributed by atoms with Crippen molar-refractivity contribution in [1.29, 1.82) is 0 Å². The van der Waals surface area contributed by atoms with Crippen LogP contribution in [0.5, 0.6) is 0 Å². The lowest BCUT2D eigenvalue weighted by Crippen LogP contribution is -2.41. The Hall–Kier alpha value is -0.0800. The molecule has 2 rings (SSSR count). The van der Waals surface area contributed by atoms with E-state index in [0.717, 1.165) is 11.8 Å². The van der Waals surface area contributed by atoms with E-state index in [-0.39, 0.29) is 0 Å². The van der Waals surface area contributed by atoms with Crippen molar-refractivity contribution in [2.24, 2.45) is 17.6 Å². The monoisotopic (exact) mass is 182 g/mol. The molecule has 2 heteroatoms. The van der Waals surface area contributed by atoms with Crippen LogP contribution in [0, 0.1) is 11.8 Å². The first-order valence-corrected chi connectivity index (χ1v) is 5.49. The van der Waals surface area contributed by atoms with Crippen molar-refractivity contribution in [3.63, 3.8) is 0 Å². The Morgan fingerprint density at radius 2 is 1.85 bits per heavy atom. The molecule has 0 radical (unpaired) electrons. The highest BCUT2D eigenvalue weighted by atomic mass is 15.2. The average molecular weight is 182 g/mol. The van der Waals surface area contributed by atoms with Crippen molar-refractivity contribution >= 4 is 0 Å². The van der Waals surface area contributed by atoms with Gasteiger partial charge in [-0.3, -0.25) is 4.90 Å². The summed E-state index contributed by atoms with van der Waals surface area (Å²) in [5.41, 5.74) is 6.44. The first-order valence-electron chi connectivity index (χ1n) is 5.49. The van der Waals surface area contributed by atoms with Gasteiger partial charge in [0.15, 0.2) is 0 Å². The van der Waals surface area contributed by atoms with Gasteiger partial charge in [0.1, 0.15) is 0 Å². The fourth-order valence-electron chi connectivity index (χ4n) is 2.86. The van der Waals surface area contributed by atoms with Crippen molar-refractivity contribution in [2.75, 3.05) is 13.1 Å². The molecule has 13 heavy (non-hydrogen) atoms. The minimum atomic E-state index is 0.337. The summed E-state index contributed by atoms with van der Waals surface area (Å²) in [4.78, 5) is 2.60. The molecule has 1 saturated carbocycles. The molecule has 1 heterocycles. The fraction of sp³-hybridized carbons (Fsp3) is 1.00. The first-order chi connectivity index (χ1) is 5.98. The highest BCUT2D eigenvalue weighted by molar-refractivity contribution is 4.98. The maximum absolute atomic E-state index is 6.10. The molecule has 1 aliphatic heterocycles. The summed E-state index contributed by atoms with van der Waals surface area (Å²) in [5, 5.41) is 0. The molecule has 1 aliphatic carbocycles. The van der Waals surface area contributed by atoms with Crippen LogP contribution < -0.4 is 5.73 Å². The molecular weight excluding hydrogens is 160 g/mol. The maximum atomic E-state index is 6.10. The Bertz CT molecular complexity index is 195.